The molecule has 6 aromatic heterocycles. The predicted octanol–water partition coefficient (Wildman–Crippen LogP) is 11.5. The molecule has 6 nitrogen and oxygen atoms in total. The zero-order valence-electron chi connectivity index (χ0n) is 37.2. The fourth-order valence-corrected chi connectivity index (χ4v) is 8.19. The van der Waals surface area contributed by atoms with Gasteiger partial charge in [0.25, 0.3) is 0 Å². The first-order valence-electron chi connectivity index (χ1n) is 20.8. The van der Waals surface area contributed by atoms with Crippen molar-refractivity contribution in [3.63, 3.8) is 0 Å². The summed E-state index contributed by atoms with van der Waals surface area (Å²) in [7, 11) is 1.90. The topological polar surface area (TPSA) is 59.8 Å². The molecule has 0 aliphatic carbocycles. The molecular formula is C49H54N4O2+2. The van der Waals surface area contributed by atoms with Crippen LogP contribution in [0.4, 0.5) is 0 Å². The Balaban J connectivity index is 0.000000163. The third kappa shape index (κ3) is 6.81. The van der Waals surface area contributed by atoms with E-state index in [1.807, 2.05) is 43.7 Å². The van der Waals surface area contributed by atoms with E-state index in [0.717, 1.165) is 85.2 Å². The summed E-state index contributed by atoms with van der Waals surface area (Å²) in [6.07, 6.45) is 5.79. The van der Waals surface area contributed by atoms with E-state index in [-0.39, 0.29) is 10.8 Å². The van der Waals surface area contributed by atoms with Crippen molar-refractivity contribution in [3.05, 3.63) is 118 Å². The molecule has 8 aromatic rings. The lowest BCUT2D eigenvalue weighted by Gasteiger charge is -2.19. The van der Waals surface area contributed by atoms with Crippen LogP contribution in [0.1, 0.15) is 90.4 Å². The molecule has 280 valence electrons. The van der Waals surface area contributed by atoms with Gasteiger partial charge in [0.05, 0.1) is 11.1 Å². The van der Waals surface area contributed by atoms with Crippen LogP contribution in [0.3, 0.4) is 0 Å². The monoisotopic (exact) mass is 733 g/mol. The molecule has 0 spiro atoms. The minimum absolute atomic E-state index is 0.0426. The summed E-state index contributed by atoms with van der Waals surface area (Å²) >= 11 is 0. The van der Waals surface area contributed by atoms with Gasteiger partial charge in [-0.2, -0.15) is 4.57 Å². The molecule has 0 amide bonds. The Kier molecular flexibility index (Phi) is 7.89. The van der Waals surface area contributed by atoms with Gasteiger partial charge >= 0.3 is 0 Å². The van der Waals surface area contributed by atoms with Crippen LogP contribution in [0.15, 0.2) is 81.9 Å². The van der Waals surface area contributed by atoms with Crippen molar-refractivity contribution < 1.29 is 22.1 Å². The van der Waals surface area contributed by atoms with Crippen molar-refractivity contribution >= 4 is 44.1 Å². The lowest BCUT2D eigenvalue weighted by molar-refractivity contribution is -0.672. The Morgan fingerprint density at radius 2 is 1.15 bits per heavy atom. The highest BCUT2D eigenvalue weighted by atomic mass is 16.3. The largest absolute Gasteiger partial charge is 0.437 e. The van der Waals surface area contributed by atoms with Gasteiger partial charge in [0.2, 0.25) is 22.8 Å². The minimum atomic E-state index is -2.17. The molecule has 9 rings (SSSR count). The average molecular weight is 734 g/mol. The number of fused-ring (bicyclic) bond motifs is 10. The fourth-order valence-electron chi connectivity index (χ4n) is 8.19. The van der Waals surface area contributed by atoms with Crippen molar-refractivity contribution in [2.75, 3.05) is 0 Å². The summed E-state index contributed by atoms with van der Waals surface area (Å²) in [5, 5.41) is 4.25. The number of nitrogens with zero attached hydrogens (tertiary/aromatic N) is 4. The quantitative estimate of drug-likeness (QED) is 0.170. The maximum atomic E-state index is 8.05. The van der Waals surface area contributed by atoms with Crippen LogP contribution in [-0.4, -0.2) is 9.97 Å². The summed E-state index contributed by atoms with van der Waals surface area (Å²) < 4.78 is 41.0. The molecule has 0 fully saturated rings. The maximum Gasteiger partial charge on any atom is 0.227 e. The third-order valence-electron chi connectivity index (χ3n) is 10.7. The van der Waals surface area contributed by atoms with Crippen molar-refractivity contribution in [1.82, 2.24) is 9.97 Å². The van der Waals surface area contributed by atoms with E-state index in [4.69, 9.17) is 12.9 Å². The Labute approximate surface area is 329 Å². The van der Waals surface area contributed by atoms with Gasteiger partial charge in [0.1, 0.15) is 7.05 Å². The third-order valence-corrected chi connectivity index (χ3v) is 10.7. The zero-order valence-corrected chi connectivity index (χ0v) is 34.2. The highest BCUT2D eigenvalue weighted by Crippen LogP contribution is 2.40. The van der Waals surface area contributed by atoms with E-state index < -0.39 is 6.85 Å². The van der Waals surface area contributed by atoms with Gasteiger partial charge < -0.3 is 8.83 Å². The average Bonchev–Trinajstić information content (AvgIpc) is 3.77. The van der Waals surface area contributed by atoms with E-state index >= 15 is 0 Å². The number of hydrogen-bond donors (Lipinski definition) is 0. The van der Waals surface area contributed by atoms with Crippen LogP contribution in [0.25, 0.3) is 66.7 Å². The number of pyridine rings is 4. The van der Waals surface area contributed by atoms with Gasteiger partial charge in [-0.15, -0.1) is 0 Å². The van der Waals surface area contributed by atoms with E-state index in [2.05, 4.69) is 119 Å². The number of hydrogen-bond acceptors (Lipinski definition) is 4. The summed E-state index contributed by atoms with van der Waals surface area (Å²) in [6.45, 7) is 20.2. The first-order valence-corrected chi connectivity index (χ1v) is 19.3. The number of furan rings is 2. The van der Waals surface area contributed by atoms with Gasteiger partial charge in [-0.25, -0.2) is 14.5 Å². The summed E-state index contributed by atoms with van der Waals surface area (Å²) in [5.41, 5.74) is 16.1. The van der Waals surface area contributed by atoms with Crippen molar-refractivity contribution in [2.45, 2.75) is 95.5 Å². The molecule has 0 saturated carbocycles. The highest BCUT2D eigenvalue weighted by Gasteiger charge is 2.32. The molecule has 0 saturated heterocycles. The van der Waals surface area contributed by atoms with Crippen LogP contribution < -0.4 is 9.13 Å². The van der Waals surface area contributed by atoms with Crippen LogP contribution in [-0.2, 0) is 26.4 Å². The maximum absolute atomic E-state index is 8.05. The predicted molar refractivity (Wildman–Crippen MR) is 224 cm³/mol. The normalized spacial score (nSPS) is 13.8. The molecule has 0 unspecified atom stereocenters. The second-order valence-corrected chi connectivity index (χ2v) is 18.1. The Morgan fingerprint density at radius 3 is 1.73 bits per heavy atom. The second-order valence-electron chi connectivity index (χ2n) is 18.1. The van der Waals surface area contributed by atoms with Gasteiger partial charge in [-0.3, -0.25) is 0 Å². The molecule has 0 atom stereocenters. The second kappa shape index (κ2) is 13.1. The van der Waals surface area contributed by atoms with E-state index in [9.17, 15) is 0 Å². The zero-order chi connectivity index (χ0) is 41.6. The van der Waals surface area contributed by atoms with Gasteiger partial charge in [0.15, 0.2) is 30.1 Å². The van der Waals surface area contributed by atoms with E-state index in [1.54, 1.807) is 6.20 Å². The van der Waals surface area contributed by atoms with Crippen molar-refractivity contribution in [1.29, 1.82) is 0 Å². The minimum Gasteiger partial charge on any atom is -0.437 e. The Hall–Kier alpha value is -5.36. The molecular weight excluding hydrogens is 677 g/mol. The standard InChI is InChI=1S/C25H29N2O.C24H25N2O/c1-15-8-10-19-20-11-9-17(3)26-24(20)28-23(19)22(15)21-12-18(13-25(4,5)6)16(2)14-27(21)7;1-14-12-26-13-16-7-9-18-19-8-6-15(2)25-23(19)27-22(18)21(16)20(26)10-17(14)11-24(3,4)5/h8-12,14H,13H2,1-7H3;6-10,12H,11,13H2,1-5H3/q2*+1/i2D3;. The number of aryl methyl sites for hydroxylation is 6. The molecule has 0 bridgehead atoms. The van der Waals surface area contributed by atoms with Crippen LogP contribution in [0, 0.1) is 45.4 Å². The van der Waals surface area contributed by atoms with Gasteiger partial charge in [-0.1, -0.05) is 59.7 Å². The van der Waals surface area contributed by atoms with Gasteiger partial charge in [-0.05, 0) is 105 Å². The number of aromatic nitrogens is 4. The van der Waals surface area contributed by atoms with Crippen molar-refractivity contribution in [3.8, 4) is 22.5 Å². The lowest BCUT2D eigenvalue weighted by Crippen LogP contribution is -2.33. The smallest absolute Gasteiger partial charge is 0.227 e. The van der Waals surface area contributed by atoms with E-state index in [1.165, 1.54) is 27.9 Å². The molecule has 1 aliphatic rings. The van der Waals surface area contributed by atoms with E-state index in [0.29, 0.717) is 17.7 Å². The molecule has 2 aromatic carbocycles. The number of rotatable bonds is 3. The summed E-state index contributed by atoms with van der Waals surface area (Å²) in [4.78, 5) is 9.17. The van der Waals surface area contributed by atoms with Crippen molar-refractivity contribution in [2.24, 2.45) is 17.9 Å². The first-order chi connectivity index (χ1) is 27.1. The van der Waals surface area contributed by atoms with Crippen LogP contribution in [0.5, 0.6) is 0 Å². The number of benzene rings is 2. The molecule has 1 aliphatic heterocycles. The van der Waals surface area contributed by atoms with Crippen LogP contribution in [0.2, 0.25) is 0 Å². The molecule has 7 heterocycles. The molecule has 55 heavy (non-hydrogen) atoms. The summed E-state index contributed by atoms with van der Waals surface area (Å²) in [5.74, 6) is 0. The Bertz CT molecular complexity index is 2940. The SMILES string of the molecule is Cc1ccc2c(n1)oc1c3c(ccc12)C[n+]1cc(C)c(CC(C)(C)C)cc1-3.[2H]C([2H])([2H])c1c[n+](C)c(-c2c(C)ccc3c2oc2nc(C)ccc23)cc1CC(C)(C)C. The summed E-state index contributed by atoms with van der Waals surface area (Å²) in [6, 6.07) is 21.2. The molecule has 6 heteroatoms. The first kappa shape index (κ1) is 33.0. The van der Waals surface area contributed by atoms with Gasteiger partial charge in [0, 0.05) is 65.9 Å². The van der Waals surface area contributed by atoms with Crippen LogP contribution >= 0.6 is 0 Å². The highest BCUT2D eigenvalue weighted by molar-refractivity contribution is 6.10. The molecule has 0 radical (unpaired) electrons. The Morgan fingerprint density at radius 1 is 0.618 bits per heavy atom. The lowest BCUT2D eigenvalue weighted by atomic mass is 9.86. The molecule has 0 N–H and O–H groups in total. The fraction of sp³-hybridized carbons (Fsp3) is 0.347.